The monoisotopic (exact) mass is 266 g/mol. The molecule has 0 aliphatic heterocycles. The maximum Gasteiger partial charge on any atom is 0.176 e. The van der Waals surface area contributed by atoms with Crippen LogP contribution >= 0.6 is 0 Å². The van der Waals surface area contributed by atoms with Crippen LogP contribution in [0.2, 0.25) is 0 Å². The Morgan fingerprint density at radius 2 is 1.80 bits per heavy atom. The van der Waals surface area contributed by atoms with Crippen molar-refractivity contribution in [1.82, 2.24) is 0 Å². The molecule has 100 valence electrons. The summed E-state index contributed by atoms with van der Waals surface area (Å²) in [6, 6.07) is 16.1. The molecule has 0 fully saturated rings. The summed E-state index contributed by atoms with van der Waals surface area (Å²) in [5.74, 6) is 0.0257. The van der Waals surface area contributed by atoms with Gasteiger partial charge in [-0.15, -0.1) is 0 Å². The average Bonchev–Trinajstić information content (AvgIpc) is 2.90. The smallest absolute Gasteiger partial charge is 0.176 e. The van der Waals surface area contributed by atoms with E-state index in [-0.39, 0.29) is 11.5 Å². The molecule has 0 bridgehead atoms. The molecule has 2 aromatic carbocycles. The number of rotatable bonds is 3. The van der Waals surface area contributed by atoms with Gasteiger partial charge in [0.25, 0.3) is 0 Å². The maximum absolute atomic E-state index is 12.4. The number of phenols is 1. The molecule has 3 heteroatoms. The van der Waals surface area contributed by atoms with E-state index < -0.39 is 5.92 Å². The first-order valence-electron chi connectivity index (χ1n) is 6.47. The highest BCUT2D eigenvalue weighted by Crippen LogP contribution is 2.29. The van der Waals surface area contributed by atoms with Crippen molar-refractivity contribution in [3.63, 3.8) is 0 Å². The zero-order chi connectivity index (χ0) is 14.1. The Kier molecular flexibility index (Phi) is 3.03. The van der Waals surface area contributed by atoms with E-state index in [9.17, 15) is 9.90 Å². The number of hydrogen-bond donors (Lipinski definition) is 1. The van der Waals surface area contributed by atoms with Gasteiger partial charge >= 0.3 is 0 Å². The molecule has 0 aliphatic carbocycles. The third-order valence-corrected chi connectivity index (χ3v) is 3.43. The van der Waals surface area contributed by atoms with E-state index in [1.807, 2.05) is 30.3 Å². The summed E-state index contributed by atoms with van der Waals surface area (Å²) < 4.78 is 5.71. The minimum Gasteiger partial charge on any atom is -0.507 e. The molecule has 1 N–H and O–H groups in total. The largest absolute Gasteiger partial charge is 0.507 e. The highest BCUT2D eigenvalue weighted by molar-refractivity contribution is 6.02. The van der Waals surface area contributed by atoms with Crippen molar-refractivity contribution in [2.45, 2.75) is 12.8 Å². The van der Waals surface area contributed by atoms with Crippen LogP contribution in [-0.2, 0) is 0 Å². The fourth-order valence-corrected chi connectivity index (χ4v) is 2.26. The highest BCUT2D eigenvalue weighted by atomic mass is 16.3. The first kappa shape index (κ1) is 12.5. The van der Waals surface area contributed by atoms with Crippen LogP contribution in [0.25, 0.3) is 11.0 Å². The van der Waals surface area contributed by atoms with Gasteiger partial charge in [0.05, 0.1) is 11.5 Å². The number of phenolic OH excluding ortho intramolecular Hbond substituents is 1. The van der Waals surface area contributed by atoms with Gasteiger partial charge in [0.2, 0.25) is 0 Å². The van der Waals surface area contributed by atoms with E-state index in [0.29, 0.717) is 11.3 Å². The quantitative estimate of drug-likeness (QED) is 0.725. The molecule has 3 aromatic rings. The number of hydrogen-bond acceptors (Lipinski definition) is 3. The van der Waals surface area contributed by atoms with Crippen molar-refractivity contribution in [2.24, 2.45) is 0 Å². The molecule has 0 radical (unpaired) electrons. The molecule has 1 unspecified atom stereocenters. The minimum absolute atomic E-state index is 0.000427. The Morgan fingerprint density at radius 1 is 1.10 bits per heavy atom. The van der Waals surface area contributed by atoms with E-state index in [2.05, 4.69) is 0 Å². The van der Waals surface area contributed by atoms with E-state index in [1.54, 1.807) is 25.1 Å². The second-order valence-electron chi connectivity index (χ2n) is 4.79. The Bertz CT molecular complexity index is 738. The van der Waals surface area contributed by atoms with Crippen LogP contribution in [0.5, 0.6) is 5.75 Å². The number of carbonyl (C=O) groups is 1. The summed E-state index contributed by atoms with van der Waals surface area (Å²) in [7, 11) is 0. The lowest BCUT2D eigenvalue weighted by molar-refractivity contribution is 0.0955. The van der Waals surface area contributed by atoms with Gasteiger partial charge in [0, 0.05) is 5.39 Å². The lowest BCUT2D eigenvalue weighted by Crippen LogP contribution is -2.09. The van der Waals surface area contributed by atoms with Crippen molar-refractivity contribution in [3.05, 3.63) is 65.9 Å². The highest BCUT2D eigenvalue weighted by Gasteiger charge is 2.22. The van der Waals surface area contributed by atoms with Gasteiger partial charge in [0.1, 0.15) is 17.1 Å². The van der Waals surface area contributed by atoms with Gasteiger partial charge in [-0.1, -0.05) is 30.3 Å². The third kappa shape index (κ3) is 2.07. The van der Waals surface area contributed by atoms with Crippen LogP contribution in [-0.4, -0.2) is 10.9 Å². The molecule has 0 saturated carbocycles. The fourth-order valence-electron chi connectivity index (χ4n) is 2.26. The number of carbonyl (C=O) groups excluding carboxylic acids is 1. The zero-order valence-electron chi connectivity index (χ0n) is 11.0. The number of ketones is 1. The molecular formula is C17H14O3. The van der Waals surface area contributed by atoms with Gasteiger partial charge in [0.15, 0.2) is 5.78 Å². The van der Waals surface area contributed by atoms with E-state index in [1.165, 1.54) is 6.07 Å². The van der Waals surface area contributed by atoms with Gasteiger partial charge in [-0.25, -0.2) is 0 Å². The van der Waals surface area contributed by atoms with Crippen LogP contribution in [0.15, 0.2) is 59.0 Å². The number of para-hydroxylation sites is 2. The van der Waals surface area contributed by atoms with E-state index >= 15 is 0 Å². The van der Waals surface area contributed by atoms with Crippen LogP contribution in [0.3, 0.4) is 0 Å². The first-order valence-corrected chi connectivity index (χ1v) is 6.47. The number of fused-ring (bicyclic) bond motifs is 1. The Balaban J connectivity index is 1.98. The Morgan fingerprint density at radius 3 is 2.55 bits per heavy atom. The summed E-state index contributed by atoms with van der Waals surface area (Å²) in [5.41, 5.74) is 1.08. The molecule has 0 saturated heterocycles. The topological polar surface area (TPSA) is 50.4 Å². The molecule has 0 amide bonds. The number of Topliss-reactive ketones (excluding diaryl/α,β-unsaturated/α-hetero) is 1. The summed E-state index contributed by atoms with van der Waals surface area (Å²) >= 11 is 0. The lowest BCUT2D eigenvalue weighted by atomic mass is 9.96. The van der Waals surface area contributed by atoms with Gasteiger partial charge in [-0.05, 0) is 31.2 Å². The third-order valence-electron chi connectivity index (χ3n) is 3.43. The minimum atomic E-state index is -0.435. The van der Waals surface area contributed by atoms with Crippen LogP contribution in [0.1, 0.15) is 29.0 Å². The summed E-state index contributed by atoms with van der Waals surface area (Å²) in [4.78, 5) is 12.4. The summed E-state index contributed by atoms with van der Waals surface area (Å²) in [6.45, 7) is 1.78. The zero-order valence-corrected chi connectivity index (χ0v) is 11.0. The molecule has 0 aliphatic rings. The summed E-state index contributed by atoms with van der Waals surface area (Å²) in [6.07, 6.45) is 0. The molecule has 3 rings (SSSR count). The molecule has 1 aromatic heterocycles. The second kappa shape index (κ2) is 4.85. The molecule has 1 heterocycles. The average molecular weight is 266 g/mol. The number of furan rings is 1. The fraction of sp³-hybridized carbons (Fsp3) is 0.118. The standard InChI is InChI=1S/C17H14O3/c1-11(17(19)13-7-3-4-8-14(13)18)16-10-12-6-2-5-9-15(12)20-16/h2-11,18H,1H3. The molecule has 0 spiro atoms. The van der Waals surface area contributed by atoms with Crippen molar-refractivity contribution in [1.29, 1.82) is 0 Å². The molecular weight excluding hydrogens is 252 g/mol. The lowest BCUT2D eigenvalue weighted by Gasteiger charge is -2.08. The predicted octanol–water partition coefficient (Wildman–Crippen LogP) is 4.12. The molecule has 3 nitrogen and oxygen atoms in total. The van der Waals surface area contributed by atoms with Crippen molar-refractivity contribution >= 4 is 16.8 Å². The van der Waals surface area contributed by atoms with Crippen LogP contribution in [0.4, 0.5) is 0 Å². The van der Waals surface area contributed by atoms with Crippen LogP contribution in [0, 0.1) is 0 Å². The van der Waals surface area contributed by atoms with Crippen molar-refractivity contribution in [3.8, 4) is 5.75 Å². The first-order chi connectivity index (χ1) is 9.66. The van der Waals surface area contributed by atoms with E-state index in [0.717, 1.165) is 11.0 Å². The predicted molar refractivity (Wildman–Crippen MR) is 77.1 cm³/mol. The van der Waals surface area contributed by atoms with Gasteiger partial charge in [-0.3, -0.25) is 4.79 Å². The van der Waals surface area contributed by atoms with Crippen molar-refractivity contribution in [2.75, 3.05) is 0 Å². The van der Waals surface area contributed by atoms with E-state index in [4.69, 9.17) is 4.42 Å². The van der Waals surface area contributed by atoms with Gasteiger partial charge in [-0.2, -0.15) is 0 Å². The normalized spacial score (nSPS) is 12.4. The maximum atomic E-state index is 12.4. The molecule has 1 atom stereocenters. The van der Waals surface area contributed by atoms with Gasteiger partial charge < -0.3 is 9.52 Å². The number of aromatic hydroxyl groups is 1. The second-order valence-corrected chi connectivity index (χ2v) is 4.79. The Hall–Kier alpha value is -2.55. The van der Waals surface area contributed by atoms with Crippen molar-refractivity contribution < 1.29 is 14.3 Å². The molecule has 20 heavy (non-hydrogen) atoms. The summed E-state index contributed by atoms with van der Waals surface area (Å²) in [5, 5.41) is 10.7. The SMILES string of the molecule is CC(C(=O)c1ccccc1O)c1cc2ccccc2o1. The van der Waals surface area contributed by atoms with Crippen LogP contribution < -0.4 is 0 Å². The number of benzene rings is 2. The Labute approximate surface area is 116 Å².